The predicted octanol–water partition coefficient (Wildman–Crippen LogP) is 12.9. The third kappa shape index (κ3) is 6.47. The number of benzene rings is 4. The van der Waals surface area contributed by atoms with E-state index in [0.717, 1.165) is 0 Å². The van der Waals surface area contributed by atoms with Gasteiger partial charge < -0.3 is 0 Å². The van der Waals surface area contributed by atoms with Crippen LogP contribution in [0.25, 0.3) is 34.4 Å². The van der Waals surface area contributed by atoms with Crippen molar-refractivity contribution in [2.45, 2.75) is 99.9 Å². The molecule has 3 atom stereocenters. The Morgan fingerprint density at radius 2 is 1.09 bits per heavy atom. The van der Waals surface area contributed by atoms with Crippen LogP contribution in [0.2, 0.25) is 13.1 Å². The quantitative estimate of drug-likeness (QED) is 0.167. The average molecular weight is 715 g/mol. The molecule has 2 heteroatoms. The fourth-order valence-corrected chi connectivity index (χ4v) is 31.2. The summed E-state index contributed by atoms with van der Waals surface area (Å²) in [5.74, 6) is -0.353. The molecule has 2 aliphatic carbocycles. The van der Waals surface area contributed by atoms with Gasteiger partial charge >= 0.3 is 297 Å². The average Bonchev–Trinajstić information content (AvgIpc) is 3.58. The van der Waals surface area contributed by atoms with Crippen molar-refractivity contribution < 1.29 is 20.9 Å². The summed E-state index contributed by atoms with van der Waals surface area (Å²) < 4.78 is 1.29. The Kier molecular flexibility index (Phi) is 9.54. The van der Waals surface area contributed by atoms with Gasteiger partial charge in [0.1, 0.15) is 0 Å². The first-order chi connectivity index (χ1) is 22.2. The zero-order valence-corrected chi connectivity index (χ0v) is 34.4. The summed E-state index contributed by atoms with van der Waals surface area (Å²) >= 11 is -2.18. The number of rotatable bonds is 7. The van der Waals surface area contributed by atoms with Crippen LogP contribution in [0.15, 0.2) is 96.1 Å². The van der Waals surface area contributed by atoms with Crippen molar-refractivity contribution in [2.24, 2.45) is 5.92 Å². The van der Waals surface area contributed by atoms with Crippen molar-refractivity contribution in [1.82, 2.24) is 0 Å². The third-order valence-electron chi connectivity index (χ3n) is 11.0. The Hall–Kier alpha value is -2.54. The first-order valence-electron chi connectivity index (χ1n) is 17.9. The van der Waals surface area contributed by atoms with Crippen molar-refractivity contribution in [2.75, 3.05) is 0 Å². The molecule has 0 fully saturated rings. The second kappa shape index (κ2) is 13.1. The van der Waals surface area contributed by atoms with Gasteiger partial charge in [0.15, 0.2) is 0 Å². The van der Waals surface area contributed by atoms with Crippen molar-refractivity contribution in [1.29, 1.82) is 0 Å². The van der Waals surface area contributed by atoms with Gasteiger partial charge in [-0.2, -0.15) is 0 Å². The molecule has 4 aromatic rings. The molecule has 0 saturated heterocycles. The Balaban J connectivity index is 1.45. The summed E-state index contributed by atoms with van der Waals surface area (Å²) in [4.78, 5) is 0. The van der Waals surface area contributed by atoms with E-state index in [4.69, 9.17) is 0 Å². The van der Waals surface area contributed by atoms with Crippen LogP contribution in [0.5, 0.6) is 0 Å². The van der Waals surface area contributed by atoms with Gasteiger partial charge in [-0.1, -0.05) is 0 Å². The van der Waals surface area contributed by atoms with E-state index >= 15 is 0 Å². The fourth-order valence-electron chi connectivity index (χ4n) is 8.09. The number of fused-ring (bicyclic) bond motifs is 2. The summed E-state index contributed by atoms with van der Waals surface area (Å²) in [6.07, 6.45) is 6.45. The summed E-state index contributed by atoms with van der Waals surface area (Å²) in [5, 5.41) is 0. The van der Waals surface area contributed by atoms with Crippen LogP contribution in [-0.4, -0.2) is 5.92 Å². The molecule has 47 heavy (non-hydrogen) atoms. The predicted molar refractivity (Wildman–Crippen MR) is 207 cm³/mol. The maximum atomic E-state index is 2.69. The molecule has 0 heterocycles. The molecule has 0 radical (unpaired) electrons. The molecule has 6 rings (SSSR count). The Labute approximate surface area is 294 Å². The minimum absolute atomic E-state index is 0.160. The van der Waals surface area contributed by atoms with Crippen molar-refractivity contribution in [3.63, 3.8) is 0 Å². The zero-order chi connectivity index (χ0) is 33.8. The summed E-state index contributed by atoms with van der Waals surface area (Å²) in [6.45, 7) is 26.6. The van der Waals surface area contributed by atoms with E-state index in [1.165, 1.54) is 50.9 Å². The van der Waals surface area contributed by atoms with E-state index in [1.54, 1.807) is 22.3 Å². The van der Waals surface area contributed by atoms with Crippen LogP contribution < -0.4 is 0 Å². The van der Waals surface area contributed by atoms with Gasteiger partial charge in [0.05, 0.1) is 0 Å². The second-order valence-electron chi connectivity index (χ2n) is 16.6. The van der Waals surface area contributed by atoms with Gasteiger partial charge in [0.2, 0.25) is 0 Å². The fraction of sp³-hybridized carbons (Fsp3) is 0.378. The molecule has 0 bridgehead atoms. The van der Waals surface area contributed by atoms with Crippen LogP contribution in [0.4, 0.5) is 0 Å². The monoisotopic (exact) mass is 713 g/mol. The van der Waals surface area contributed by atoms with Crippen LogP contribution in [-0.2, 0) is 31.7 Å². The van der Waals surface area contributed by atoms with E-state index in [2.05, 4.69) is 172 Å². The molecule has 0 N–H and O–H groups in total. The molecule has 4 aromatic carbocycles. The molecule has 0 saturated carbocycles. The number of hydrogen-bond acceptors (Lipinski definition) is 0. The van der Waals surface area contributed by atoms with Gasteiger partial charge in [0, 0.05) is 0 Å². The Bertz CT molecular complexity index is 1820. The van der Waals surface area contributed by atoms with Crippen molar-refractivity contribution in [3.8, 4) is 22.3 Å². The molecule has 2 aliphatic rings. The van der Waals surface area contributed by atoms with Gasteiger partial charge in [-0.25, -0.2) is 0 Å². The number of allylic oxidation sites excluding steroid dienone is 2. The SMILES string of the molecule is CCC(C)C1=Cc2c(-c3ccc(C(C)(C)C)cc3)cccc2[CH]1[Zr]([CH]1C(C)=Cc2c(-c3ccc(C(C)(C)C)cc3)cccc21)[SiH](C)C. The molecular formula is C45H55SiZr. The first-order valence-corrected chi connectivity index (χ1v) is 27.9. The molecule has 0 aromatic heterocycles. The van der Waals surface area contributed by atoms with Crippen LogP contribution in [0.1, 0.15) is 109 Å². The van der Waals surface area contributed by atoms with E-state index in [9.17, 15) is 0 Å². The Morgan fingerprint density at radius 3 is 1.51 bits per heavy atom. The zero-order valence-electron chi connectivity index (χ0n) is 30.8. The summed E-state index contributed by atoms with van der Waals surface area (Å²) in [5.41, 5.74) is 18.3. The first kappa shape index (κ1) is 34.3. The van der Waals surface area contributed by atoms with Crippen LogP contribution in [0, 0.1) is 5.92 Å². The standard InChI is InChI=1S/C23H27.C20H21.C2H7Si.Zr/c1-6-16(2)19-14-18-8-7-9-21(22(18)15-19)17-10-12-20(13-11-17)23(3,4)5;1-14-12-16-6-5-7-18(19(16)13-14)15-8-10-17(11-9-15)20(2,3)4;1-3-2;/h7-16H,6H2,1-5H3;5-13H,1-4H3;3H,1-2H3;. The van der Waals surface area contributed by atoms with E-state index in [1.807, 2.05) is 0 Å². The van der Waals surface area contributed by atoms with Crippen molar-refractivity contribution in [3.05, 3.63) is 129 Å². The van der Waals surface area contributed by atoms with Gasteiger partial charge in [-0.3, -0.25) is 0 Å². The maximum absolute atomic E-state index is 2.69. The molecule has 243 valence electrons. The molecular weight excluding hydrogens is 660 g/mol. The third-order valence-corrected chi connectivity index (χ3v) is 32.9. The van der Waals surface area contributed by atoms with Gasteiger partial charge in [-0.15, -0.1) is 0 Å². The normalized spacial score (nSPS) is 18.1. The van der Waals surface area contributed by atoms with Crippen LogP contribution >= 0.6 is 0 Å². The van der Waals surface area contributed by atoms with Crippen LogP contribution in [0.3, 0.4) is 0 Å². The summed E-state index contributed by atoms with van der Waals surface area (Å²) in [7, 11) is 0. The molecule has 0 nitrogen and oxygen atoms in total. The van der Waals surface area contributed by atoms with Crippen molar-refractivity contribution >= 4 is 18.1 Å². The van der Waals surface area contributed by atoms with E-state index in [-0.39, 0.29) is 10.8 Å². The van der Waals surface area contributed by atoms with E-state index < -0.39 is 26.8 Å². The summed E-state index contributed by atoms with van der Waals surface area (Å²) in [6, 6.07) is 33.3. The minimum atomic E-state index is -2.18. The molecule has 0 aliphatic heterocycles. The Morgan fingerprint density at radius 1 is 0.638 bits per heavy atom. The van der Waals surface area contributed by atoms with Gasteiger partial charge in [-0.05, 0) is 0 Å². The topological polar surface area (TPSA) is 0 Å². The molecule has 3 unspecified atom stereocenters. The molecule has 0 spiro atoms. The second-order valence-corrected chi connectivity index (χ2v) is 36.7. The van der Waals surface area contributed by atoms with E-state index in [0.29, 0.717) is 13.2 Å². The number of hydrogen-bond donors (Lipinski definition) is 0. The molecule has 0 amide bonds. The van der Waals surface area contributed by atoms with Gasteiger partial charge in [0.25, 0.3) is 0 Å².